The number of nitrogens with one attached hydrogen (secondary N) is 1. The summed E-state index contributed by atoms with van der Waals surface area (Å²) in [4.78, 5) is 8.96. The van der Waals surface area contributed by atoms with Crippen LogP contribution < -0.4 is 10.1 Å². The lowest BCUT2D eigenvalue weighted by Crippen LogP contribution is -2.01. The van der Waals surface area contributed by atoms with E-state index < -0.39 is 0 Å². The summed E-state index contributed by atoms with van der Waals surface area (Å²) in [5.41, 5.74) is 2.80. The molecular formula is C17H14BrN5O. The van der Waals surface area contributed by atoms with E-state index in [1.54, 1.807) is 18.0 Å². The van der Waals surface area contributed by atoms with Crippen molar-refractivity contribution in [2.45, 2.75) is 6.54 Å². The first-order chi connectivity index (χ1) is 11.7. The van der Waals surface area contributed by atoms with Crippen molar-refractivity contribution in [2.75, 3.05) is 12.4 Å². The zero-order chi connectivity index (χ0) is 16.5. The van der Waals surface area contributed by atoms with E-state index in [2.05, 4.69) is 36.3 Å². The fourth-order valence-corrected chi connectivity index (χ4v) is 3.14. The van der Waals surface area contributed by atoms with Gasteiger partial charge in [-0.15, -0.1) is 5.10 Å². The van der Waals surface area contributed by atoms with Gasteiger partial charge in [0, 0.05) is 11.9 Å². The number of ether oxygens (including phenoxy) is 1. The van der Waals surface area contributed by atoms with Crippen LogP contribution in [-0.4, -0.2) is 26.7 Å². The van der Waals surface area contributed by atoms with E-state index in [-0.39, 0.29) is 0 Å². The first-order valence-electron chi connectivity index (χ1n) is 7.41. The zero-order valence-corrected chi connectivity index (χ0v) is 14.5. The number of methoxy groups -OCH3 is 1. The van der Waals surface area contributed by atoms with Gasteiger partial charge in [0.15, 0.2) is 5.65 Å². The second-order valence-corrected chi connectivity index (χ2v) is 6.14. The van der Waals surface area contributed by atoms with Gasteiger partial charge in [0.25, 0.3) is 0 Å². The van der Waals surface area contributed by atoms with E-state index in [0.29, 0.717) is 12.5 Å². The largest absolute Gasteiger partial charge is 0.496 e. The third kappa shape index (κ3) is 2.67. The Kier molecular flexibility index (Phi) is 3.78. The molecule has 24 heavy (non-hydrogen) atoms. The van der Waals surface area contributed by atoms with Crippen LogP contribution in [0.15, 0.2) is 53.3 Å². The standard InChI is InChI=1S/C17H14BrN5O/c1-24-15-7-6-11(8-13(15)18)9-19-17-21-16-12-4-2-3-5-14(12)20-10-23(16)22-17/h2-8,10H,9H2,1H3,(H,19,22). The van der Waals surface area contributed by atoms with Gasteiger partial charge >= 0.3 is 0 Å². The van der Waals surface area contributed by atoms with E-state index in [9.17, 15) is 0 Å². The summed E-state index contributed by atoms with van der Waals surface area (Å²) in [6.45, 7) is 0.616. The molecule has 0 radical (unpaired) electrons. The van der Waals surface area contributed by atoms with Crippen molar-refractivity contribution < 1.29 is 4.74 Å². The van der Waals surface area contributed by atoms with Crippen LogP contribution in [0.1, 0.15) is 5.56 Å². The number of hydrogen-bond acceptors (Lipinski definition) is 5. The monoisotopic (exact) mass is 383 g/mol. The molecule has 2 aromatic carbocycles. The van der Waals surface area contributed by atoms with Crippen molar-refractivity contribution in [3.8, 4) is 5.75 Å². The maximum absolute atomic E-state index is 5.24. The maximum Gasteiger partial charge on any atom is 0.243 e. The van der Waals surface area contributed by atoms with Crippen LogP contribution in [0.25, 0.3) is 16.6 Å². The van der Waals surface area contributed by atoms with Gasteiger partial charge in [-0.25, -0.2) is 4.98 Å². The molecule has 0 fully saturated rings. The fourth-order valence-electron chi connectivity index (χ4n) is 2.56. The Bertz CT molecular complexity index is 1030. The second kappa shape index (κ2) is 6.09. The van der Waals surface area contributed by atoms with Gasteiger partial charge in [-0.2, -0.15) is 9.50 Å². The smallest absolute Gasteiger partial charge is 0.243 e. The molecule has 0 aliphatic carbocycles. The summed E-state index contributed by atoms with van der Waals surface area (Å²) in [5.74, 6) is 1.38. The first-order valence-corrected chi connectivity index (χ1v) is 8.20. The second-order valence-electron chi connectivity index (χ2n) is 5.29. The van der Waals surface area contributed by atoms with E-state index in [0.717, 1.165) is 32.3 Å². The van der Waals surface area contributed by atoms with Gasteiger partial charge in [0.1, 0.15) is 12.1 Å². The predicted octanol–water partition coefficient (Wildman–Crippen LogP) is 3.66. The third-order valence-corrected chi connectivity index (χ3v) is 4.37. The van der Waals surface area contributed by atoms with Crippen LogP contribution in [0, 0.1) is 0 Å². The molecule has 1 N–H and O–H groups in total. The predicted molar refractivity (Wildman–Crippen MR) is 96.3 cm³/mol. The van der Waals surface area contributed by atoms with Gasteiger partial charge in [-0.1, -0.05) is 18.2 Å². The highest BCUT2D eigenvalue weighted by Crippen LogP contribution is 2.25. The van der Waals surface area contributed by atoms with Crippen LogP contribution in [-0.2, 0) is 6.54 Å². The average molecular weight is 384 g/mol. The van der Waals surface area contributed by atoms with Crippen molar-refractivity contribution >= 4 is 38.4 Å². The zero-order valence-electron chi connectivity index (χ0n) is 12.9. The summed E-state index contributed by atoms with van der Waals surface area (Å²) in [6, 6.07) is 13.8. The minimum absolute atomic E-state index is 0.570. The van der Waals surface area contributed by atoms with E-state index in [1.165, 1.54) is 0 Å². The van der Waals surface area contributed by atoms with Gasteiger partial charge < -0.3 is 10.1 Å². The molecule has 120 valence electrons. The molecule has 0 saturated heterocycles. The van der Waals surface area contributed by atoms with E-state index >= 15 is 0 Å². The molecule has 0 spiro atoms. The number of nitrogens with zero attached hydrogens (tertiary/aromatic N) is 4. The SMILES string of the molecule is COc1ccc(CNc2nc3c4ccccc4ncn3n2)cc1Br. The molecule has 2 aromatic heterocycles. The Morgan fingerprint density at radius 2 is 2.08 bits per heavy atom. The Morgan fingerprint density at radius 3 is 2.92 bits per heavy atom. The van der Waals surface area contributed by atoms with Crippen LogP contribution in [0.4, 0.5) is 5.95 Å². The van der Waals surface area contributed by atoms with E-state index in [1.807, 2.05) is 42.5 Å². The lowest BCUT2D eigenvalue weighted by atomic mass is 10.2. The number of aromatic nitrogens is 4. The minimum atomic E-state index is 0.570. The molecule has 0 aliphatic rings. The van der Waals surface area contributed by atoms with Crippen LogP contribution in [0.2, 0.25) is 0 Å². The molecule has 0 aliphatic heterocycles. The van der Waals surface area contributed by atoms with Gasteiger partial charge in [-0.3, -0.25) is 0 Å². The molecular weight excluding hydrogens is 370 g/mol. The number of rotatable bonds is 4. The summed E-state index contributed by atoms with van der Waals surface area (Å²) in [7, 11) is 1.65. The molecule has 0 saturated carbocycles. The molecule has 4 aromatic rings. The Labute approximate surface area is 146 Å². The number of anilines is 1. The molecule has 4 rings (SSSR count). The van der Waals surface area contributed by atoms with Crippen molar-refractivity contribution in [3.05, 3.63) is 58.8 Å². The summed E-state index contributed by atoms with van der Waals surface area (Å²) in [6.07, 6.45) is 1.68. The normalized spacial score (nSPS) is 11.1. The quantitative estimate of drug-likeness (QED) is 0.582. The molecule has 0 amide bonds. The highest BCUT2D eigenvalue weighted by atomic mass is 79.9. The Morgan fingerprint density at radius 1 is 1.21 bits per heavy atom. The van der Waals surface area contributed by atoms with E-state index in [4.69, 9.17) is 4.74 Å². The molecule has 0 atom stereocenters. The molecule has 0 bridgehead atoms. The number of benzene rings is 2. The third-order valence-electron chi connectivity index (χ3n) is 3.75. The van der Waals surface area contributed by atoms with Gasteiger partial charge in [0.05, 0.1) is 17.1 Å². The minimum Gasteiger partial charge on any atom is -0.496 e. The summed E-state index contributed by atoms with van der Waals surface area (Å²) < 4.78 is 7.85. The summed E-state index contributed by atoms with van der Waals surface area (Å²) in [5, 5.41) is 8.66. The highest BCUT2D eigenvalue weighted by Gasteiger charge is 2.08. The van der Waals surface area contributed by atoms with Crippen LogP contribution in [0.5, 0.6) is 5.75 Å². The average Bonchev–Trinajstić information content (AvgIpc) is 3.04. The Balaban J connectivity index is 1.61. The van der Waals surface area contributed by atoms with Crippen molar-refractivity contribution in [3.63, 3.8) is 0 Å². The van der Waals surface area contributed by atoms with Crippen LogP contribution >= 0.6 is 15.9 Å². The number of fused-ring (bicyclic) bond motifs is 3. The number of halogens is 1. The number of hydrogen-bond donors (Lipinski definition) is 1. The van der Waals surface area contributed by atoms with Gasteiger partial charge in [0.2, 0.25) is 5.95 Å². The maximum atomic E-state index is 5.24. The topological polar surface area (TPSA) is 64.3 Å². The summed E-state index contributed by atoms with van der Waals surface area (Å²) >= 11 is 3.49. The number of para-hydroxylation sites is 1. The van der Waals surface area contributed by atoms with Gasteiger partial charge in [-0.05, 0) is 45.8 Å². The molecule has 2 heterocycles. The highest BCUT2D eigenvalue weighted by molar-refractivity contribution is 9.10. The lowest BCUT2D eigenvalue weighted by molar-refractivity contribution is 0.412. The first kappa shape index (κ1) is 14.9. The molecule has 0 unspecified atom stereocenters. The Hall–Kier alpha value is -2.67. The molecule has 6 nitrogen and oxygen atoms in total. The van der Waals surface area contributed by atoms with Crippen molar-refractivity contribution in [2.24, 2.45) is 0 Å². The lowest BCUT2D eigenvalue weighted by Gasteiger charge is -2.06. The van der Waals surface area contributed by atoms with Crippen molar-refractivity contribution in [1.82, 2.24) is 19.6 Å². The molecule has 7 heteroatoms. The fraction of sp³-hybridized carbons (Fsp3) is 0.118. The van der Waals surface area contributed by atoms with Crippen molar-refractivity contribution in [1.29, 1.82) is 0 Å². The van der Waals surface area contributed by atoms with Crippen LogP contribution in [0.3, 0.4) is 0 Å².